The summed E-state index contributed by atoms with van der Waals surface area (Å²) in [5.74, 6) is -0.495. The van der Waals surface area contributed by atoms with Gasteiger partial charge in [0, 0.05) is 19.2 Å². The SMILES string of the molecule is Cc1ccccc1C(=O)NC(=S)N(C)c1ccccc1C(=O)NCc1ccccc1. The van der Waals surface area contributed by atoms with E-state index in [1.165, 1.54) is 0 Å². The molecule has 0 bridgehead atoms. The van der Waals surface area contributed by atoms with Crippen LogP contribution in [0.2, 0.25) is 0 Å². The molecule has 6 heteroatoms. The van der Waals surface area contributed by atoms with Crippen LogP contribution in [-0.2, 0) is 6.54 Å². The molecule has 0 fully saturated rings. The van der Waals surface area contributed by atoms with Gasteiger partial charge in [-0.05, 0) is 48.5 Å². The van der Waals surface area contributed by atoms with Crippen molar-refractivity contribution in [3.05, 3.63) is 101 Å². The number of anilines is 1. The first-order valence-electron chi connectivity index (χ1n) is 9.53. The van der Waals surface area contributed by atoms with Gasteiger partial charge in [0.15, 0.2) is 5.11 Å². The van der Waals surface area contributed by atoms with Crippen LogP contribution in [0, 0.1) is 6.92 Å². The standard InChI is InChI=1S/C24H23N3O2S/c1-17-10-6-7-13-19(17)23(29)26-24(30)27(2)21-15-9-8-14-20(21)22(28)25-16-18-11-4-3-5-12-18/h3-15H,16H2,1-2H3,(H,25,28)(H,26,29,30). The van der Waals surface area contributed by atoms with Crippen LogP contribution >= 0.6 is 12.2 Å². The maximum Gasteiger partial charge on any atom is 0.257 e. The molecular formula is C24H23N3O2S. The Labute approximate surface area is 181 Å². The summed E-state index contributed by atoms with van der Waals surface area (Å²) in [5, 5.41) is 5.89. The minimum Gasteiger partial charge on any atom is -0.348 e. The van der Waals surface area contributed by atoms with E-state index in [1.807, 2.05) is 55.5 Å². The number of benzene rings is 3. The topological polar surface area (TPSA) is 61.4 Å². The molecule has 2 amide bonds. The normalized spacial score (nSPS) is 10.2. The highest BCUT2D eigenvalue weighted by Gasteiger charge is 2.18. The molecular weight excluding hydrogens is 394 g/mol. The first kappa shape index (κ1) is 21.2. The van der Waals surface area contributed by atoms with Crippen LogP contribution in [0.4, 0.5) is 5.69 Å². The Morgan fingerprint density at radius 3 is 2.13 bits per heavy atom. The maximum absolute atomic E-state index is 12.8. The number of rotatable bonds is 5. The quantitative estimate of drug-likeness (QED) is 0.614. The molecule has 0 aliphatic heterocycles. The number of para-hydroxylation sites is 1. The third kappa shape index (κ3) is 5.10. The van der Waals surface area contributed by atoms with Crippen LogP contribution in [0.25, 0.3) is 0 Å². The molecule has 0 unspecified atom stereocenters. The number of aryl methyl sites for hydroxylation is 1. The summed E-state index contributed by atoms with van der Waals surface area (Å²) < 4.78 is 0. The van der Waals surface area contributed by atoms with Crippen molar-refractivity contribution in [2.45, 2.75) is 13.5 Å². The fourth-order valence-electron chi connectivity index (χ4n) is 3.02. The number of carbonyl (C=O) groups is 2. The lowest BCUT2D eigenvalue weighted by Crippen LogP contribution is -2.41. The molecule has 152 valence electrons. The van der Waals surface area contributed by atoms with Gasteiger partial charge in [-0.3, -0.25) is 14.9 Å². The lowest BCUT2D eigenvalue weighted by molar-refractivity contribution is 0.0949. The highest BCUT2D eigenvalue weighted by atomic mass is 32.1. The van der Waals surface area contributed by atoms with Gasteiger partial charge in [0.1, 0.15) is 0 Å². The number of nitrogens with one attached hydrogen (secondary N) is 2. The van der Waals surface area contributed by atoms with Crippen molar-refractivity contribution < 1.29 is 9.59 Å². The Hall–Kier alpha value is -3.51. The van der Waals surface area contributed by atoms with Crippen molar-refractivity contribution in [2.24, 2.45) is 0 Å². The molecule has 0 aliphatic carbocycles. The van der Waals surface area contributed by atoms with E-state index in [0.717, 1.165) is 11.1 Å². The number of hydrogen-bond donors (Lipinski definition) is 2. The Morgan fingerprint density at radius 2 is 1.43 bits per heavy atom. The average Bonchev–Trinajstić information content (AvgIpc) is 2.77. The van der Waals surface area contributed by atoms with Gasteiger partial charge in [0.25, 0.3) is 11.8 Å². The van der Waals surface area contributed by atoms with Crippen LogP contribution in [0.1, 0.15) is 31.8 Å². The predicted molar refractivity (Wildman–Crippen MR) is 124 cm³/mol. The van der Waals surface area contributed by atoms with Gasteiger partial charge >= 0.3 is 0 Å². The summed E-state index contributed by atoms with van der Waals surface area (Å²) >= 11 is 5.43. The monoisotopic (exact) mass is 417 g/mol. The zero-order valence-corrected chi connectivity index (χ0v) is 17.7. The van der Waals surface area contributed by atoms with Crippen LogP contribution < -0.4 is 15.5 Å². The maximum atomic E-state index is 12.8. The van der Waals surface area contributed by atoms with E-state index < -0.39 is 0 Å². The van der Waals surface area contributed by atoms with Gasteiger partial charge < -0.3 is 10.2 Å². The van der Waals surface area contributed by atoms with E-state index in [0.29, 0.717) is 23.4 Å². The van der Waals surface area contributed by atoms with Crippen molar-refractivity contribution in [3.63, 3.8) is 0 Å². The van der Waals surface area contributed by atoms with Gasteiger partial charge in [-0.1, -0.05) is 60.7 Å². The lowest BCUT2D eigenvalue weighted by atomic mass is 10.1. The largest absolute Gasteiger partial charge is 0.348 e. The molecule has 0 heterocycles. The van der Waals surface area contributed by atoms with Crippen molar-refractivity contribution in [2.75, 3.05) is 11.9 Å². The van der Waals surface area contributed by atoms with Crippen LogP contribution in [0.3, 0.4) is 0 Å². The van der Waals surface area contributed by atoms with E-state index in [4.69, 9.17) is 12.2 Å². The van der Waals surface area contributed by atoms with Crippen molar-refractivity contribution >= 4 is 34.8 Å². The van der Waals surface area contributed by atoms with Gasteiger partial charge in [-0.25, -0.2) is 0 Å². The molecule has 5 nitrogen and oxygen atoms in total. The van der Waals surface area contributed by atoms with Crippen LogP contribution in [0.5, 0.6) is 0 Å². The van der Waals surface area contributed by atoms with Crippen molar-refractivity contribution in [1.29, 1.82) is 0 Å². The summed E-state index contributed by atoms with van der Waals surface area (Å²) in [4.78, 5) is 27.0. The highest BCUT2D eigenvalue weighted by molar-refractivity contribution is 7.80. The minimum atomic E-state index is -0.282. The molecule has 0 saturated heterocycles. The Morgan fingerprint density at radius 1 is 0.833 bits per heavy atom. The third-order valence-corrected chi connectivity index (χ3v) is 5.10. The van der Waals surface area contributed by atoms with E-state index in [2.05, 4.69) is 10.6 Å². The van der Waals surface area contributed by atoms with E-state index >= 15 is 0 Å². The second kappa shape index (κ2) is 9.80. The van der Waals surface area contributed by atoms with Gasteiger partial charge in [0.05, 0.1) is 11.3 Å². The Kier molecular flexibility index (Phi) is 6.93. The van der Waals surface area contributed by atoms with Crippen LogP contribution in [-0.4, -0.2) is 24.0 Å². The third-order valence-electron chi connectivity index (χ3n) is 4.72. The molecule has 2 N–H and O–H groups in total. The average molecular weight is 418 g/mol. The molecule has 30 heavy (non-hydrogen) atoms. The molecule has 0 atom stereocenters. The van der Waals surface area contributed by atoms with Crippen molar-refractivity contribution in [1.82, 2.24) is 10.6 Å². The minimum absolute atomic E-state index is 0.214. The highest BCUT2D eigenvalue weighted by Crippen LogP contribution is 2.20. The van der Waals surface area contributed by atoms with Gasteiger partial charge in [-0.2, -0.15) is 0 Å². The molecule has 0 radical (unpaired) electrons. The number of carbonyl (C=O) groups excluding carboxylic acids is 2. The lowest BCUT2D eigenvalue weighted by Gasteiger charge is -2.23. The van der Waals surface area contributed by atoms with E-state index in [1.54, 1.807) is 42.3 Å². The summed E-state index contributed by atoms with van der Waals surface area (Å²) in [6, 6.07) is 24.1. The summed E-state index contributed by atoms with van der Waals surface area (Å²) in [6.07, 6.45) is 0. The predicted octanol–water partition coefficient (Wildman–Crippen LogP) is 4.08. The molecule has 3 rings (SSSR count). The van der Waals surface area contributed by atoms with E-state index in [-0.39, 0.29) is 16.9 Å². The Balaban J connectivity index is 1.72. The molecule has 0 aliphatic rings. The number of thiocarbonyl (C=S) groups is 1. The second-order valence-electron chi connectivity index (χ2n) is 6.82. The fourth-order valence-corrected chi connectivity index (χ4v) is 3.21. The van der Waals surface area contributed by atoms with Crippen LogP contribution in [0.15, 0.2) is 78.9 Å². The smallest absolute Gasteiger partial charge is 0.257 e. The summed E-state index contributed by atoms with van der Waals surface area (Å²) in [7, 11) is 1.73. The molecule has 3 aromatic rings. The first-order valence-corrected chi connectivity index (χ1v) is 9.94. The summed E-state index contributed by atoms with van der Waals surface area (Å²) in [6.45, 7) is 2.29. The Bertz CT molecular complexity index is 1070. The van der Waals surface area contributed by atoms with Crippen molar-refractivity contribution in [3.8, 4) is 0 Å². The number of nitrogens with zero attached hydrogens (tertiary/aromatic N) is 1. The zero-order chi connectivity index (χ0) is 21.5. The second-order valence-corrected chi connectivity index (χ2v) is 7.21. The van der Waals surface area contributed by atoms with Gasteiger partial charge in [-0.15, -0.1) is 0 Å². The summed E-state index contributed by atoms with van der Waals surface area (Å²) in [5.41, 5.74) is 3.52. The molecule has 0 aromatic heterocycles. The molecule has 3 aromatic carbocycles. The number of amides is 2. The van der Waals surface area contributed by atoms with E-state index in [9.17, 15) is 9.59 Å². The molecule has 0 spiro atoms. The fraction of sp³-hybridized carbons (Fsp3) is 0.125. The van der Waals surface area contributed by atoms with Gasteiger partial charge in [0.2, 0.25) is 0 Å². The number of hydrogen-bond acceptors (Lipinski definition) is 3. The zero-order valence-electron chi connectivity index (χ0n) is 16.9. The first-order chi connectivity index (χ1) is 14.5. The molecule has 0 saturated carbocycles.